The summed E-state index contributed by atoms with van der Waals surface area (Å²) in [5.74, 6) is 1.38. The molecule has 1 fully saturated rings. The fraction of sp³-hybridized carbons (Fsp3) is 0.562. The largest absolute Gasteiger partial charge is 0.377 e. The van der Waals surface area contributed by atoms with Gasteiger partial charge in [-0.2, -0.15) is 4.98 Å². The molecular weight excluding hydrogens is 300 g/mol. The Balaban J connectivity index is 1.85. The molecule has 0 saturated carbocycles. The highest BCUT2D eigenvalue weighted by Crippen LogP contribution is 2.40. The number of thiophene rings is 1. The Hall–Kier alpha value is -1.53. The summed E-state index contributed by atoms with van der Waals surface area (Å²) in [4.78, 5) is 16.8. The van der Waals surface area contributed by atoms with E-state index in [9.17, 15) is 4.79 Å². The van der Waals surface area contributed by atoms with E-state index in [2.05, 4.69) is 30.9 Å². The fourth-order valence-electron chi connectivity index (χ4n) is 2.83. The zero-order valence-electron chi connectivity index (χ0n) is 13.3. The van der Waals surface area contributed by atoms with Crippen LogP contribution >= 0.6 is 11.3 Å². The van der Waals surface area contributed by atoms with Crippen molar-refractivity contribution in [3.63, 3.8) is 0 Å². The molecule has 0 N–H and O–H groups in total. The minimum Gasteiger partial charge on any atom is -0.377 e. The zero-order valence-corrected chi connectivity index (χ0v) is 14.1. The van der Waals surface area contributed by atoms with Gasteiger partial charge in [0.1, 0.15) is 0 Å². The molecule has 0 radical (unpaired) electrons. The number of carbonyl (C=O) groups excluding carboxylic acids is 1. The molecule has 3 rings (SSSR count). The highest BCUT2D eigenvalue weighted by molar-refractivity contribution is 7.13. The number of Topliss-reactive ketones (excluding diaryl/α,β-unsaturated/α-hetero) is 1. The molecule has 0 amide bonds. The molecule has 22 heavy (non-hydrogen) atoms. The van der Waals surface area contributed by atoms with Gasteiger partial charge in [0.25, 0.3) is 5.89 Å². The highest BCUT2D eigenvalue weighted by atomic mass is 32.1. The van der Waals surface area contributed by atoms with Gasteiger partial charge in [-0.3, -0.25) is 4.79 Å². The monoisotopic (exact) mass is 320 g/mol. The first-order valence-electron chi connectivity index (χ1n) is 7.41. The molecule has 118 valence electrons. The minimum atomic E-state index is 0.0344. The molecule has 0 aliphatic carbocycles. The van der Waals surface area contributed by atoms with Crippen LogP contribution in [-0.2, 0) is 4.74 Å². The number of hydrogen-bond donors (Lipinski definition) is 0. The van der Waals surface area contributed by atoms with Crippen molar-refractivity contribution < 1.29 is 14.1 Å². The number of ether oxygens (including phenoxy) is 1. The average Bonchev–Trinajstić information content (AvgIpc) is 3.17. The van der Waals surface area contributed by atoms with E-state index in [0.29, 0.717) is 17.3 Å². The van der Waals surface area contributed by atoms with Crippen LogP contribution < -0.4 is 0 Å². The van der Waals surface area contributed by atoms with Gasteiger partial charge in [-0.15, -0.1) is 11.3 Å². The van der Waals surface area contributed by atoms with Crippen molar-refractivity contribution in [1.29, 1.82) is 0 Å². The van der Waals surface area contributed by atoms with Gasteiger partial charge in [0.15, 0.2) is 11.6 Å². The van der Waals surface area contributed by atoms with Crippen molar-refractivity contribution in [3.8, 4) is 10.8 Å². The Morgan fingerprint density at radius 2 is 2.18 bits per heavy atom. The average molecular weight is 320 g/mol. The van der Waals surface area contributed by atoms with Crippen molar-refractivity contribution >= 4 is 17.1 Å². The van der Waals surface area contributed by atoms with Gasteiger partial charge >= 0.3 is 0 Å². The first kappa shape index (κ1) is 15.4. The standard InChI is InChI=1S/C16H20N2O3S/c1-9(19)10-7-12(22-8-10)15-17-14(18-21-15)11-5-6-20-13(11)16(2,3)4/h7-8,11,13H,5-6H2,1-4H3/t11-,13-/m0/s1. The van der Waals surface area contributed by atoms with Crippen LogP contribution in [0.4, 0.5) is 0 Å². The SMILES string of the molecule is CC(=O)c1csc(-c2nc([C@H]3CCO[C@@H]3C(C)(C)C)no2)c1. The van der Waals surface area contributed by atoms with Crippen LogP contribution in [-0.4, -0.2) is 28.6 Å². The number of aromatic nitrogens is 2. The molecule has 0 aromatic carbocycles. The van der Waals surface area contributed by atoms with Crippen molar-refractivity contribution in [2.24, 2.45) is 5.41 Å². The number of ketones is 1. The van der Waals surface area contributed by atoms with E-state index in [1.54, 1.807) is 13.0 Å². The second-order valence-corrected chi connectivity index (χ2v) is 7.68. The molecule has 2 aromatic rings. The number of carbonyl (C=O) groups is 1. The normalized spacial score (nSPS) is 22.2. The molecule has 2 atom stereocenters. The Morgan fingerprint density at radius 3 is 2.82 bits per heavy atom. The van der Waals surface area contributed by atoms with Crippen molar-refractivity contribution in [2.45, 2.75) is 46.1 Å². The fourth-order valence-corrected chi connectivity index (χ4v) is 3.69. The summed E-state index contributed by atoms with van der Waals surface area (Å²) in [6.07, 6.45) is 0.999. The minimum absolute atomic E-state index is 0.0344. The summed E-state index contributed by atoms with van der Waals surface area (Å²) in [5.41, 5.74) is 0.712. The summed E-state index contributed by atoms with van der Waals surface area (Å²) < 4.78 is 11.3. The van der Waals surface area contributed by atoms with Gasteiger partial charge in [-0.25, -0.2) is 0 Å². The van der Waals surface area contributed by atoms with Crippen molar-refractivity contribution in [2.75, 3.05) is 6.61 Å². The smallest absolute Gasteiger partial charge is 0.268 e. The number of nitrogens with zero attached hydrogens (tertiary/aromatic N) is 2. The van der Waals surface area contributed by atoms with Gasteiger partial charge in [0.2, 0.25) is 0 Å². The van der Waals surface area contributed by atoms with Crippen LogP contribution in [0.2, 0.25) is 0 Å². The molecule has 3 heterocycles. The summed E-state index contributed by atoms with van der Waals surface area (Å²) in [6, 6.07) is 1.80. The highest BCUT2D eigenvalue weighted by Gasteiger charge is 2.40. The topological polar surface area (TPSA) is 65.2 Å². The quantitative estimate of drug-likeness (QED) is 0.802. The van der Waals surface area contributed by atoms with Crippen LogP contribution in [0.1, 0.15) is 56.2 Å². The predicted octanol–water partition coefficient (Wildman–Crippen LogP) is 3.92. The van der Waals surface area contributed by atoms with Crippen LogP contribution in [0.5, 0.6) is 0 Å². The summed E-state index contributed by atoms with van der Waals surface area (Å²) in [6.45, 7) is 8.76. The maximum atomic E-state index is 11.4. The van der Waals surface area contributed by atoms with E-state index in [0.717, 1.165) is 17.9 Å². The van der Waals surface area contributed by atoms with Gasteiger partial charge in [0.05, 0.1) is 16.9 Å². The Morgan fingerprint density at radius 1 is 1.41 bits per heavy atom. The van der Waals surface area contributed by atoms with Gasteiger partial charge in [0, 0.05) is 17.6 Å². The maximum Gasteiger partial charge on any atom is 0.268 e. The summed E-state index contributed by atoms with van der Waals surface area (Å²) in [5, 5.41) is 5.97. The second kappa shape index (κ2) is 5.59. The summed E-state index contributed by atoms with van der Waals surface area (Å²) >= 11 is 1.44. The zero-order chi connectivity index (χ0) is 15.9. The Labute approximate surface area is 133 Å². The lowest BCUT2D eigenvalue weighted by Gasteiger charge is -2.29. The lowest BCUT2D eigenvalue weighted by Crippen LogP contribution is -2.30. The second-order valence-electron chi connectivity index (χ2n) is 6.77. The van der Waals surface area contributed by atoms with E-state index < -0.39 is 0 Å². The molecule has 0 unspecified atom stereocenters. The van der Waals surface area contributed by atoms with E-state index in [-0.39, 0.29) is 23.2 Å². The molecule has 6 heteroatoms. The van der Waals surface area contributed by atoms with Crippen molar-refractivity contribution in [3.05, 3.63) is 22.8 Å². The third kappa shape index (κ3) is 2.85. The van der Waals surface area contributed by atoms with Gasteiger partial charge in [-0.05, 0) is 24.8 Å². The molecule has 1 aliphatic rings. The lowest BCUT2D eigenvalue weighted by molar-refractivity contribution is 0.0193. The first-order valence-corrected chi connectivity index (χ1v) is 8.29. The molecule has 0 bridgehead atoms. The van der Waals surface area contributed by atoms with Crippen LogP contribution in [0.3, 0.4) is 0 Å². The molecule has 5 nitrogen and oxygen atoms in total. The molecular formula is C16H20N2O3S. The van der Waals surface area contributed by atoms with E-state index in [1.807, 2.05) is 5.38 Å². The van der Waals surface area contributed by atoms with Crippen LogP contribution in [0.25, 0.3) is 10.8 Å². The lowest BCUT2D eigenvalue weighted by atomic mass is 9.81. The van der Waals surface area contributed by atoms with Crippen molar-refractivity contribution in [1.82, 2.24) is 10.1 Å². The maximum absolute atomic E-state index is 11.4. The predicted molar refractivity (Wildman–Crippen MR) is 84.2 cm³/mol. The number of hydrogen-bond acceptors (Lipinski definition) is 6. The first-order chi connectivity index (χ1) is 10.4. The van der Waals surface area contributed by atoms with E-state index in [4.69, 9.17) is 9.26 Å². The van der Waals surface area contributed by atoms with E-state index >= 15 is 0 Å². The molecule has 0 spiro atoms. The Kier molecular flexibility index (Phi) is 3.91. The third-order valence-corrected chi connectivity index (χ3v) is 4.85. The van der Waals surface area contributed by atoms with Gasteiger partial charge < -0.3 is 9.26 Å². The molecule has 2 aromatic heterocycles. The van der Waals surface area contributed by atoms with Gasteiger partial charge in [-0.1, -0.05) is 25.9 Å². The number of rotatable bonds is 3. The third-order valence-electron chi connectivity index (χ3n) is 3.94. The molecule has 1 saturated heterocycles. The molecule has 1 aliphatic heterocycles. The Bertz CT molecular complexity index is 684. The summed E-state index contributed by atoms with van der Waals surface area (Å²) in [7, 11) is 0. The van der Waals surface area contributed by atoms with Crippen LogP contribution in [0.15, 0.2) is 16.0 Å². The van der Waals surface area contributed by atoms with E-state index in [1.165, 1.54) is 11.3 Å². The van der Waals surface area contributed by atoms with Crippen LogP contribution in [0, 0.1) is 5.41 Å².